The summed E-state index contributed by atoms with van der Waals surface area (Å²) in [7, 11) is 0. The number of rotatable bonds is 2. The largest absolute Gasteiger partial charge is 0.366 e. The van der Waals surface area contributed by atoms with Crippen molar-refractivity contribution in [1.29, 1.82) is 0 Å². The van der Waals surface area contributed by atoms with Crippen LogP contribution in [0.25, 0.3) is 0 Å². The van der Waals surface area contributed by atoms with Crippen LogP contribution in [0.4, 0.5) is 5.82 Å². The molecule has 0 bridgehead atoms. The van der Waals surface area contributed by atoms with Crippen molar-refractivity contribution in [2.24, 2.45) is 5.73 Å². The van der Waals surface area contributed by atoms with Crippen molar-refractivity contribution < 1.29 is 0 Å². The lowest BCUT2D eigenvalue weighted by molar-refractivity contribution is 0.991. The Labute approximate surface area is 85.9 Å². The smallest absolute Gasteiger partial charge is 0.126 e. The van der Waals surface area contributed by atoms with Gasteiger partial charge in [0.2, 0.25) is 0 Å². The van der Waals surface area contributed by atoms with E-state index in [0.29, 0.717) is 12.1 Å². The van der Waals surface area contributed by atoms with Crippen molar-refractivity contribution in [3.8, 4) is 0 Å². The molecule has 0 spiro atoms. The van der Waals surface area contributed by atoms with E-state index in [1.165, 1.54) is 0 Å². The molecule has 0 aliphatic heterocycles. The fourth-order valence-electron chi connectivity index (χ4n) is 1.19. The average molecular weight is 242 g/mol. The van der Waals surface area contributed by atoms with Crippen LogP contribution >= 0.6 is 15.9 Å². The Morgan fingerprint density at radius 3 is 2.85 bits per heavy atom. The van der Waals surface area contributed by atoms with Gasteiger partial charge < -0.3 is 11.1 Å². The van der Waals surface area contributed by atoms with Crippen LogP contribution in [0.1, 0.15) is 12.1 Å². The molecule has 1 fully saturated rings. The molecule has 3 N–H and O–H groups in total. The summed E-state index contributed by atoms with van der Waals surface area (Å²) < 4.78 is 1.04. The summed E-state index contributed by atoms with van der Waals surface area (Å²) in [6.07, 6.45) is 1.05. The maximum absolute atomic E-state index is 5.68. The molecule has 3 nitrogen and oxygen atoms in total. The quantitative estimate of drug-likeness (QED) is 0.829. The number of pyridine rings is 1. The molecular formula is C9H12BrN3. The Kier molecular flexibility index (Phi) is 2.26. The van der Waals surface area contributed by atoms with Gasteiger partial charge in [0.1, 0.15) is 5.82 Å². The van der Waals surface area contributed by atoms with Crippen LogP contribution in [0.2, 0.25) is 0 Å². The van der Waals surface area contributed by atoms with Crippen LogP contribution in [0, 0.1) is 6.92 Å². The SMILES string of the molecule is Cc1nc(NC2CC2N)ccc1Br. The Morgan fingerprint density at radius 1 is 1.62 bits per heavy atom. The van der Waals surface area contributed by atoms with Gasteiger partial charge in [0.25, 0.3) is 0 Å². The highest BCUT2D eigenvalue weighted by atomic mass is 79.9. The first-order valence-electron chi connectivity index (χ1n) is 4.32. The summed E-state index contributed by atoms with van der Waals surface area (Å²) in [6, 6.07) is 4.69. The number of nitrogens with two attached hydrogens (primary N) is 1. The van der Waals surface area contributed by atoms with Crippen LogP contribution in [0.3, 0.4) is 0 Å². The highest BCUT2D eigenvalue weighted by molar-refractivity contribution is 9.10. The molecule has 1 saturated carbocycles. The lowest BCUT2D eigenvalue weighted by Gasteiger charge is -2.05. The zero-order valence-corrected chi connectivity index (χ0v) is 9.01. The number of aryl methyl sites for hydroxylation is 1. The number of aromatic nitrogens is 1. The Balaban J connectivity index is 2.08. The van der Waals surface area contributed by atoms with Crippen molar-refractivity contribution in [3.05, 3.63) is 22.3 Å². The fourth-order valence-corrected chi connectivity index (χ4v) is 1.42. The first-order chi connectivity index (χ1) is 6.16. The van der Waals surface area contributed by atoms with E-state index in [9.17, 15) is 0 Å². The van der Waals surface area contributed by atoms with Crippen molar-refractivity contribution in [3.63, 3.8) is 0 Å². The van der Waals surface area contributed by atoms with Gasteiger partial charge in [-0.1, -0.05) is 0 Å². The molecule has 4 heteroatoms. The molecule has 1 heterocycles. The molecule has 1 aliphatic carbocycles. The van der Waals surface area contributed by atoms with Crippen LogP contribution in [0.5, 0.6) is 0 Å². The van der Waals surface area contributed by atoms with Crippen LogP contribution in [0.15, 0.2) is 16.6 Å². The number of halogens is 1. The maximum atomic E-state index is 5.68. The summed E-state index contributed by atoms with van der Waals surface area (Å²) in [5, 5.41) is 3.28. The maximum Gasteiger partial charge on any atom is 0.126 e. The van der Waals surface area contributed by atoms with Crippen LogP contribution in [-0.4, -0.2) is 17.1 Å². The zero-order chi connectivity index (χ0) is 9.42. The molecule has 0 amide bonds. The first kappa shape index (κ1) is 8.97. The third-order valence-electron chi connectivity index (χ3n) is 2.19. The average Bonchev–Trinajstić information content (AvgIpc) is 2.75. The van der Waals surface area contributed by atoms with Gasteiger partial charge in [-0.05, 0) is 41.4 Å². The normalized spacial score (nSPS) is 25.8. The minimum absolute atomic E-state index is 0.311. The van der Waals surface area contributed by atoms with Crippen LogP contribution in [-0.2, 0) is 0 Å². The van der Waals surface area contributed by atoms with E-state index in [1.54, 1.807) is 0 Å². The molecule has 1 aromatic heterocycles. The van der Waals surface area contributed by atoms with Gasteiger partial charge in [-0.15, -0.1) is 0 Å². The van der Waals surface area contributed by atoms with Gasteiger partial charge in [-0.2, -0.15) is 0 Å². The van der Waals surface area contributed by atoms with E-state index in [4.69, 9.17) is 5.73 Å². The van der Waals surface area contributed by atoms with Gasteiger partial charge >= 0.3 is 0 Å². The summed E-state index contributed by atoms with van der Waals surface area (Å²) in [5.41, 5.74) is 6.68. The lowest BCUT2D eigenvalue weighted by Crippen LogP contribution is -2.14. The highest BCUT2D eigenvalue weighted by Gasteiger charge is 2.33. The Morgan fingerprint density at radius 2 is 2.31 bits per heavy atom. The van der Waals surface area contributed by atoms with Crippen LogP contribution < -0.4 is 11.1 Å². The molecule has 13 heavy (non-hydrogen) atoms. The Bertz CT molecular complexity index is 327. The van der Waals surface area contributed by atoms with E-state index >= 15 is 0 Å². The number of hydrogen-bond donors (Lipinski definition) is 2. The van der Waals surface area contributed by atoms with E-state index in [0.717, 1.165) is 22.4 Å². The standard InChI is InChI=1S/C9H12BrN3/c1-5-6(10)2-3-9(12-5)13-8-4-7(8)11/h2-3,7-8H,4,11H2,1H3,(H,12,13). The van der Waals surface area contributed by atoms with E-state index in [2.05, 4.69) is 26.2 Å². The summed E-state index contributed by atoms with van der Waals surface area (Å²) in [4.78, 5) is 4.37. The minimum Gasteiger partial charge on any atom is -0.366 e. The van der Waals surface area contributed by atoms with E-state index in [-0.39, 0.29) is 0 Å². The molecule has 1 aliphatic rings. The third-order valence-corrected chi connectivity index (χ3v) is 3.03. The first-order valence-corrected chi connectivity index (χ1v) is 5.11. The Hall–Kier alpha value is -0.610. The molecular weight excluding hydrogens is 230 g/mol. The summed E-state index contributed by atoms with van der Waals surface area (Å²) in [5.74, 6) is 0.915. The van der Waals surface area contributed by atoms with Gasteiger partial charge in [-0.3, -0.25) is 0 Å². The molecule has 0 radical (unpaired) electrons. The molecule has 0 aromatic carbocycles. The van der Waals surface area contributed by atoms with Gasteiger partial charge in [0.15, 0.2) is 0 Å². The summed E-state index contributed by atoms with van der Waals surface area (Å²) >= 11 is 3.41. The fraction of sp³-hybridized carbons (Fsp3) is 0.444. The molecule has 2 atom stereocenters. The predicted molar refractivity (Wildman–Crippen MR) is 56.7 cm³/mol. The molecule has 2 unspecified atom stereocenters. The lowest BCUT2D eigenvalue weighted by atomic mass is 10.4. The topological polar surface area (TPSA) is 50.9 Å². The minimum atomic E-state index is 0.311. The van der Waals surface area contributed by atoms with Gasteiger partial charge in [-0.25, -0.2) is 4.98 Å². The second-order valence-corrected chi connectivity index (χ2v) is 4.27. The molecule has 70 valence electrons. The highest BCUT2D eigenvalue weighted by Crippen LogP contribution is 2.24. The number of anilines is 1. The predicted octanol–water partition coefficient (Wildman–Crippen LogP) is 1.66. The molecule has 1 aromatic rings. The third kappa shape index (κ3) is 2.00. The number of nitrogens with zero attached hydrogens (tertiary/aromatic N) is 1. The number of hydrogen-bond acceptors (Lipinski definition) is 3. The van der Waals surface area contributed by atoms with Crippen molar-refractivity contribution in [2.75, 3.05) is 5.32 Å². The van der Waals surface area contributed by atoms with Crippen molar-refractivity contribution in [2.45, 2.75) is 25.4 Å². The second-order valence-electron chi connectivity index (χ2n) is 3.41. The summed E-state index contributed by atoms with van der Waals surface area (Å²) in [6.45, 7) is 1.97. The van der Waals surface area contributed by atoms with Gasteiger partial charge in [0, 0.05) is 16.6 Å². The monoisotopic (exact) mass is 241 g/mol. The number of nitrogens with one attached hydrogen (secondary N) is 1. The molecule has 2 rings (SSSR count). The second kappa shape index (κ2) is 3.27. The van der Waals surface area contributed by atoms with E-state index in [1.807, 2.05) is 19.1 Å². The molecule has 0 saturated heterocycles. The van der Waals surface area contributed by atoms with E-state index < -0.39 is 0 Å². The van der Waals surface area contributed by atoms with Crippen molar-refractivity contribution >= 4 is 21.7 Å². The zero-order valence-electron chi connectivity index (χ0n) is 7.42. The van der Waals surface area contributed by atoms with Crippen molar-refractivity contribution in [1.82, 2.24) is 4.98 Å². The van der Waals surface area contributed by atoms with Gasteiger partial charge in [0.05, 0.1) is 5.69 Å².